The van der Waals surface area contributed by atoms with Gasteiger partial charge in [0.05, 0.1) is 24.1 Å². The van der Waals surface area contributed by atoms with Crippen LogP contribution >= 0.6 is 0 Å². The van der Waals surface area contributed by atoms with Gasteiger partial charge in [-0.15, -0.1) is 0 Å². The normalized spacial score (nSPS) is 10.8. The first-order chi connectivity index (χ1) is 10.2. The lowest BCUT2D eigenvalue weighted by molar-refractivity contribution is -0.142. The second-order valence-corrected chi connectivity index (χ2v) is 4.86. The van der Waals surface area contributed by atoms with Crippen LogP contribution in [0.1, 0.15) is 32.4 Å². The number of aryl methyl sites for hydroxylation is 1. The molecule has 0 unspecified atom stereocenters. The van der Waals surface area contributed by atoms with Gasteiger partial charge in [0, 0.05) is 11.9 Å². The number of fused-ring (bicyclic) bond motifs is 1. The van der Waals surface area contributed by atoms with Crippen LogP contribution < -0.4 is 5.56 Å². The van der Waals surface area contributed by atoms with Gasteiger partial charge in [0.15, 0.2) is 0 Å². The Kier molecular flexibility index (Phi) is 5.09. The van der Waals surface area contributed by atoms with Gasteiger partial charge in [-0.05, 0) is 19.4 Å². The van der Waals surface area contributed by atoms with E-state index in [0.717, 1.165) is 18.2 Å². The summed E-state index contributed by atoms with van der Waals surface area (Å²) >= 11 is 0. The molecule has 1 aromatic heterocycles. The quantitative estimate of drug-likeness (QED) is 0.765. The minimum Gasteiger partial charge on any atom is -0.466 e. The number of esters is 1. The average Bonchev–Trinajstić information content (AvgIpc) is 2.49. The van der Waals surface area contributed by atoms with Crippen molar-refractivity contribution in [3.05, 3.63) is 40.3 Å². The van der Waals surface area contributed by atoms with Crippen LogP contribution in [0.3, 0.4) is 0 Å². The lowest BCUT2D eigenvalue weighted by atomic mass is 10.1. The Hall–Kier alpha value is -2.17. The first kappa shape index (κ1) is 15.2. The van der Waals surface area contributed by atoms with Gasteiger partial charge in [-0.25, -0.2) is 4.68 Å². The SMILES string of the molecule is CCCCn1nc(CC(=O)OCC)c2ccccc2c1=O. The number of carbonyl (C=O) groups excluding carboxylic acids is 1. The summed E-state index contributed by atoms with van der Waals surface area (Å²) in [6.07, 6.45) is 1.94. The third kappa shape index (κ3) is 3.48. The van der Waals surface area contributed by atoms with E-state index >= 15 is 0 Å². The molecule has 0 saturated carbocycles. The van der Waals surface area contributed by atoms with E-state index in [1.807, 2.05) is 18.2 Å². The standard InChI is InChI=1S/C16H20N2O3/c1-3-5-10-18-16(20)13-9-7-6-8-12(13)14(17-18)11-15(19)21-4-2/h6-9H,3-5,10-11H2,1-2H3. The van der Waals surface area contributed by atoms with Crippen molar-refractivity contribution in [2.45, 2.75) is 39.7 Å². The number of nitrogens with zero attached hydrogens (tertiary/aromatic N) is 2. The van der Waals surface area contributed by atoms with Crippen molar-refractivity contribution >= 4 is 16.7 Å². The summed E-state index contributed by atoms with van der Waals surface area (Å²) in [4.78, 5) is 24.1. The Bertz CT molecular complexity index is 691. The maximum atomic E-state index is 12.4. The zero-order valence-electron chi connectivity index (χ0n) is 12.5. The Balaban J connectivity index is 2.49. The monoisotopic (exact) mass is 288 g/mol. The molecule has 0 aliphatic rings. The number of hydrogen-bond donors (Lipinski definition) is 0. The highest BCUT2D eigenvalue weighted by Gasteiger charge is 2.13. The van der Waals surface area contributed by atoms with E-state index in [1.165, 1.54) is 4.68 Å². The van der Waals surface area contributed by atoms with E-state index in [2.05, 4.69) is 12.0 Å². The molecule has 0 fully saturated rings. The van der Waals surface area contributed by atoms with Crippen molar-refractivity contribution in [1.82, 2.24) is 9.78 Å². The summed E-state index contributed by atoms with van der Waals surface area (Å²) < 4.78 is 6.44. The molecule has 2 aromatic rings. The van der Waals surface area contributed by atoms with E-state index in [9.17, 15) is 9.59 Å². The summed E-state index contributed by atoms with van der Waals surface area (Å²) in [5.41, 5.74) is 0.492. The molecule has 112 valence electrons. The van der Waals surface area contributed by atoms with Gasteiger partial charge in [0.1, 0.15) is 0 Å². The first-order valence-electron chi connectivity index (χ1n) is 7.31. The van der Waals surface area contributed by atoms with Crippen molar-refractivity contribution in [3.63, 3.8) is 0 Å². The molecule has 0 radical (unpaired) electrons. The molecular formula is C16H20N2O3. The van der Waals surface area contributed by atoms with Crippen LogP contribution in [0, 0.1) is 0 Å². The maximum Gasteiger partial charge on any atom is 0.311 e. The Morgan fingerprint density at radius 2 is 1.95 bits per heavy atom. The summed E-state index contributed by atoms with van der Waals surface area (Å²) in [6.45, 7) is 4.74. The van der Waals surface area contributed by atoms with Crippen molar-refractivity contribution in [3.8, 4) is 0 Å². The lowest BCUT2D eigenvalue weighted by Gasteiger charge is -2.10. The number of rotatable bonds is 6. The zero-order chi connectivity index (χ0) is 15.2. The summed E-state index contributed by atoms with van der Waals surface area (Å²) in [7, 11) is 0. The minimum atomic E-state index is -0.323. The number of hydrogen-bond acceptors (Lipinski definition) is 4. The molecular weight excluding hydrogens is 268 g/mol. The second kappa shape index (κ2) is 7.02. The number of carbonyl (C=O) groups is 1. The maximum absolute atomic E-state index is 12.4. The molecule has 2 rings (SSSR count). The number of unbranched alkanes of at least 4 members (excludes halogenated alkanes) is 1. The fraction of sp³-hybridized carbons (Fsp3) is 0.438. The molecule has 0 N–H and O–H groups in total. The van der Waals surface area contributed by atoms with Crippen LogP contribution in [-0.4, -0.2) is 22.4 Å². The molecule has 0 amide bonds. The smallest absolute Gasteiger partial charge is 0.311 e. The number of ether oxygens (including phenoxy) is 1. The molecule has 5 nitrogen and oxygen atoms in total. The molecule has 0 aliphatic carbocycles. The third-order valence-corrected chi connectivity index (χ3v) is 3.28. The van der Waals surface area contributed by atoms with Crippen LogP contribution in [0.5, 0.6) is 0 Å². The Morgan fingerprint density at radius 3 is 2.62 bits per heavy atom. The summed E-state index contributed by atoms with van der Waals surface area (Å²) in [5, 5.41) is 5.69. The average molecular weight is 288 g/mol. The van der Waals surface area contributed by atoms with Crippen LogP contribution in [-0.2, 0) is 22.5 Å². The fourth-order valence-corrected chi connectivity index (χ4v) is 2.24. The molecule has 1 heterocycles. The molecule has 5 heteroatoms. The van der Waals surface area contributed by atoms with Gasteiger partial charge >= 0.3 is 5.97 Å². The molecule has 0 aliphatic heterocycles. The summed E-state index contributed by atoms with van der Waals surface area (Å²) in [6, 6.07) is 7.26. The number of aromatic nitrogens is 2. The number of benzene rings is 1. The van der Waals surface area contributed by atoms with Gasteiger partial charge in [0.2, 0.25) is 0 Å². The second-order valence-electron chi connectivity index (χ2n) is 4.86. The largest absolute Gasteiger partial charge is 0.466 e. The fourth-order valence-electron chi connectivity index (χ4n) is 2.24. The molecule has 0 bridgehead atoms. The van der Waals surface area contributed by atoms with Crippen LogP contribution in [0.15, 0.2) is 29.1 Å². The highest BCUT2D eigenvalue weighted by molar-refractivity contribution is 5.86. The van der Waals surface area contributed by atoms with Crippen molar-refractivity contribution in [1.29, 1.82) is 0 Å². The van der Waals surface area contributed by atoms with Crippen molar-refractivity contribution in [2.75, 3.05) is 6.61 Å². The van der Waals surface area contributed by atoms with Crippen LogP contribution in [0.2, 0.25) is 0 Å². The predicted molar refractivity (Wildman–Crippen MR) is 81.2 cm³/mol. The molecule has 21 heavy (non-hydrogen) atoms. The van der Waals surface area contributed by atoms with Crippen LogP contribution in [0.25, 0.3) is 10.8 Å². The molecule has 0 spiro atoms. The highest BCUT2D eigenvalue weighted by atomic mass is 16.5. The van der Waals surface area contributed by atoms with Gasteiger partial charge in [-0.3, -0.25) is 9.59 Å². The van der Waals surface area contributed by atoms with E-state index in [-0.39, 0.29) is 17.9 Å². The van der Waals surface area contributed by atoms with E-state index in [0.29, 0.717) is 24.2 Å². The van der Waals surface area contributed by atoms with Gasteiger partial charge in [-0.1, -0.05) is 31.5 Å². The van der Waals surface area contributed by atoms with Crippen molar-refractivity contribution in [2.24, 2.45) is 0 Å². The Labute approximate surface area is 123 Å². The Morgan fingerprint density at radius 1 is 1.24 bits per heavy atom. The predicted octanol–water partition coefficient (Wildman–Crippen LogP) is 2.30. The highest BCUT2D eigenvalue weighted by Crippen LogP contribution is 2.14. The molecule has 1 aromatic carbocycles. The minimum absolute atomic E-state index is 0.0841. The molecule has 0 saturated heterocycles. The summed E-state index contributed by atoms with van der Waals surface area (Å²) in [5.74, 6) is -0.323. The zero-order valence-corrected chi connectivity index (χ0v) is 12.5. The van der Waals surface area contributed by atoms with Gasteiger partial charge in [0.25, 0.3) is 5.56 Å². The lowest BCUT2D eigenvalue weighted by Crippen LogP contribution is -2.25. The van der Waals surface area contributed by atoms with E-state index in [1.54, 1.807) is 13.0 Å². The van der Waals surface area contributed by atoms with E-state index in [4.69, 9.17) is 4.74 Å². The topological polar surface area (TPSA) is 61.2 Å². The van der Waals surface area contributed by atoms with E-state index < -0.39 is 0 Å². The van der Waals surface area contributed by atoms with Gasteiger partial charge < -0.3 is 4.74 Å². The van der Waals surface area contributed by atoms with Gasteiger partial charge in [-0.2, -0.15) is 5.10 Å². The van der Waals surface area contributed by atoms with Crippen LogP contribution in [0.4, 0.5) is 0 Å². The first-order valence-corrected chi connectivity index (χ1v) is 7.31. The van der Waals surface area contributed by atoms with Crippen molar-refractivity contribution < 1.29 is 9.53 Å². The molecule has 0 atom stereocenters. The third-order valence-electron chi connectivity index (χ3n) is 3.28.